The van der Waals surface area contributed by atoms with Crippen LogP contribution in [0.25, 0.3) is 11.4 Å². The highest BCUT2D eigenvalue weighted by molar-refractivity contribution is 5.55. The monoisotopic (exact) mass is 197 g/mol. The first-order chi connectivity index (χ1) is 7.31. The van der Waals surface area contributed by atoms with Crippen LogP contribution >= 0.6 is 0 Å². The summed E-state index contributed by atoms with van der Waals surface area (Å²) in [6, 6.07) is 12.1. The predicted molar refractivity (Wildman–Crippen MR) is 58.0 cm³/mol. The molecular weight excluding hydrogens is 186 g/mol. The molecule has 3 heteroatoms. The lowest BCUT2D eigenvalue weighted by Gasteiger charge is -1.99. The molecule has 1 aromatic carbocycles. The molecule has 15 heavy (non-hydrogen) atoms. The largest absolute Gasteiger partial charge is 0.334 e. The van der Waals surface area contributed by atoms with E-state index in [2.05, 4.69) is 11.1 Å². The highest BCUT2D eigenvalue weighted by Crippen LogP contribution is 2.17. The molecule has 0 aliphatic heterocycles. The molecule has 0 unspecified atom stereocenters. The molecule has 0 amide bonds. The van der Waals surface area contributed by atoms with Gasteiger partial charge in [0.05, 0.1) is 18.2 Å². The Balaban J connectivity index is 2.42. The molecule has 0 saturated carbocycles. The van der Waals surface area contributed by atoms with Crippen LogP contribution in [0.2, 0.25) is 0 Å². The molecule has 0 aliphatic carbocycles. The van der Waals surface area contributed by atoms with Crippen molar-refractivity contribution < 1.29 is 0 Å². The molecule has 0 saturated heterocycles. The number of hydrogen-bond donors (Lipinski definition) is 0. The molecule has 3 nitrogen and oxygen atoms in total. The second-order valence-electron chi connectivity index (χ2n) is 3.37. The normalized spacial score (nSPS) is 9.87. The van der Waals surface area contributed by atoms with Crippen molar-refractivity contribution in [1.82, 2.24) is 9.55 Å². The van der Waals surface area contributed by atoms with Crippen molar-refractivity contribution in [2.45, 2.75) is 6.42 Å². The molecule has 0 spiro atoms. The van der Waals surface area contributed by atoms with E-state index in [0.717, 1.165) is 17.1 Å². The minimum absolute atomic E-state index is 0.362. The quantitative estimate of drug-likeness (QED) is 0.740. The Morgan fingerprint density at radius 2 is 2.07 bits per heavy atom. The molecule has 0 N–H and O–H groups in total. The van der Waals surface area contributed by atoms with Gasteiger partial charge in [0.25, 0.3) is 0 Å². The lowest BCUT2D eigenvalue weighted by atomic mass is 10.2. The van der Waals surface area contributed by atoms with Crippen LogP contribution in [0, 0.1) is 11.3 Å². The zero-order chi connectivity index (χ0) is 10.7. The molecule has 0 atom stereocenters. The average molecular weight is 197 g/mol. The minimum atomic E-state index is 0.362. The zero-order valence-electron chi connectivity index (χ0n) is 8.51. The van der Waals surface area contributed by atoms with E-state index in [1.807, 2.05) is 48.1 Å². The van der Waals surface area contributed by atoms with E-state index in [0.29, 0.717) is 6.42 Å². The number of aryl methyl sites for hydroxylation is 1. The van der Waals surface area contributed by atoms with Gasteiger partial charge in [-0.3, -0.25) is 0 Å². The van der Waals surface area contributed by atoms with E-state index in [4.69, 9.17) is 5.26 Å². The van der Waals surface area contributed by atoms with Crippen molar-refractivity contribution in [2.24, 2.45) is 7.05 Å². The molecule has 0 bridgehead atoms. The van der Waals surface area contributed by atoms with E-state index in [9.17, 15) is 0 Å². The summed E-state index contributed by atoms with van der Waals surface area (Å²) in [7, 11) is 1.94. The van der Waals surface area contributed by atoms with Gasteiger partial charge in [-0.15, -0.1) is 0 Å². The van der Waals surface area contributed by atoms with Crippen LogP contribution in [0.4, 0.5) is 0 Å². The molecule has 1 aromatic heterocycles. The van der Waals surface area contributed by atoms with Gasteiger partial charge in [0.2, 0.25) is 0 Å². The third-order valence-corrected chi connectivity index (χ3v) is 2.22. The van der Waals surface area contributed by atoms with Gasteiger partial charge in [0.1, 0.15) is 5.82 Å². The fourth-order valence-electron chi connectivity index (χ4n) is 1.55. The van der Waals surface area contributed by atoms with Crippen molar-refractivity contribution in [3.8, 4) is 17.5 Å². The zero-order valence-corrected chi connectivity index (χ0v) is 8.51. The maximum Gasteiger partial charge on any atom is 0.140 e. The highest BCUT2D eigenvalue weighted by Gasteiger charge is 2.06. The van der Waals surface area contributed by atoms with Crippen LogP contribution in [0.3, 0.4) is 0 Å². The summed E-state index contributed by atoms with van der Waals surface area (Å²) in [6.07, 6.45) is 2.26. The van der Waals surface area contributed by atoms with Gasteiger partial charge in [-0.25, -0.2) is 4.98 Å². The van der Waals surface area contributed by atoms with Crippen LogP contribution in [0.15, 0.2) is 36.5 Å². The van der Waals surface area contributed by atoms with E-state index in [-0.39, 0.29) is 0 Å². The topological polar surface area (TPSA) is 41.6 Å². The van der Waals surface area contributed by atoms with Crippen LogP contribution in [-0.4, -0.2) is 9.55 Å². The van der Waals surface area contributed by atoms with Crippen LogP contribution in [-0.2, 0) is 13.5 Å². The Labute approximate surface area is 88.6 Å². The van der Waals surface area contributed by atoms with E-state index < -0.39 is 0 Å². The smallest absolute Gasteiger partial charge is 0.140 e. The van der Waals surface area contributed by atoms with Crippen molar-refractivity contribution in [1.29, 1.82) is 5.26 Å². The van der Waals surface area contributed by atoms with Crippen molar-refractivity contribution in [3.63, 3.8) is 0 Å². The first-order valence-corrected chi connectivity index (χ1v) is 4.76. The summed E-state index contributed by atoms with van der Waals surface area (Å²) in [5.41, 5.74) is 1.89. The summed E-state index contributed by atoms with van der Waals surface area (Å²) in [5, 5.41) is 8.59. The molecule has 2 aromatic rings. The first-order valence-electron chi connectivity index (χ1n) is 4.76. The Bertz CT molecular complexity index is 491. The molecule has 2 rings (SSSR count). The van der Waals surface area contributed by atoms with Gasteiger partial charge in [0.15, 0.2) is 0 Å². The maximum atomic E-state index is 8.59. The second-order valence-corrected chi connectivity index (χ2v) is 3.37. The van der Waals surface area contributed by atoms with Crippen LogP contribution < -0.4 is 0 Å². The van der Waals surface area contributed by atoms with Gasteiger partial charge in [-0.2, -0.15) is 5.26 Å². The molecule has 74 valence electrons. The summed E-state index contributed by atoms with van der Waals surface area (Å²) < 4.78 is 1.95. The number of imidazole rings is 1. The number of hydrogen-bond acceptors (Lipinski definition) is 2. The Morgan fingerprint density at radius 3 is 2.73 bits per heavy atom. The molecule has 0 fully saturated rings. The Kier molecular flexibility index (Phi) is 2.51. The third kappa shape index (κ3) is 1.89. The molecule has 0 radical (unpaired) electrons. The van der Waals surface area contributed by atoms with Gasteiger partial charge in [-0.1, -0.05) is 30.3 Å². The van der Waals surface area contributed by atoms with Crippen molar-refractivity contribution in [2.75, 3.05) is 0 Å². The highest BCUT2D eigenvalue weighted by atomic mass is 15.0. The van der Waals surface area contributed by atoms with Gasteiger partial charge in [-0.05, 0) is 0 Å². The van der Waals surface area contributed by atoms with Crippen molar-refractivity contribution in [3.05, 3.63) is 42.2 Å². The Morgan fingerprint density at radius 1 is 1.33 bits per heavy atom. The maximum absolute atomic E-state index is 8.59. The summed E-state index contributed by atoms with van der Waals surface area (Å²) in [5.74, 6) is 0.904. The molecule has 0 aliphatic rings. The minimum Gasteiger partial charge on any atom is -0.334 e. The van der Waals surface area contributed by atoms with Crippen LogP contribution in [0.1, 0.15) is 5.69 Å². The Hall–Kier alpha value is -2.08. The molecular formula is C12H11N3. The predicted octanol–water partition coefficient (Wildman–Crippen LogP) is 2.15. The lowest BCUT2D eigenvalue weighted by molar-refractivity contribution is 0.923. The van der Waals surface area contributed by atoms with Crippen molar-refractivity contribution >= 4 is 0 Å². The number of nitriles is 1. The first kappa shape index (κ1) is 9.47. The summed E-state index contributed by atoms with van der Waals surface area (Å²) in [6.45, 7) is 0. The second kappa shape index (κ2) is 3.97. The van der Waals surface area contributed by atoms with E-state index >= 15 is 0 Å². The average Bonchev–Trinajstić information content (AvgIpc) is 2.61. The van der Waals surface area contributed by atoms with E-state index in [1.165, 1.54) is 0 Å². The SMILES string of the molecule is Cn1cc(CC#N)nc1-c1ccccc1. The number of aromatic nitrogens is 2. The van der Waals surface area contributed by atoms with Gasteiger partial charge >= 0.3 is 0 Å². The summed E-state index contributed by atoms with van der Waals surface area (Å²) >= 11 is 0. The molecule has 1 heterocycles. The third-order valence-electron chi connectivity index (χ3n) is 2.22. The number of rotatable bonds is 2. The fourth-order valence-corrected chi connectivity index (χ4v) is 1.55. The standard InChI is InChI=1S/C12H11N3/c1-15-9-11(7-8-13)14-12(15)10-5-3-2-4-6-10/h2-6,9H,7H2,1H3. The fraction of sp³-hybridized carbons (Fsp3) is 0.167. The van der Waals surface area contributed by atoms with Gasteiger partial charge < -0.3 is 4.57 Å². The van der Waals surface area contributed by atoms with Gasteiger partial charge in [0, 0.05) is 18.8 Å². The lowest BCUT2D eigenvalue weighted by Crippen LogP contribution is -1.90. The summed E-state index contributed by atoms with van der Waals surface area (Å²) in [4.78, 5) is 4.41. The van der Waals surface area contributed by atoms with Crippen LogP contribution in [0.5, 0.6) is 0 Å². The number of nitrogens with zero attached hydrogens (tertiary/aromatic N) is 3. The van der Waals surface area contributed by atoms with E-state index in [1.54, 1.807) is 0 Å². The number of benzene rings is 1.